The predicted octanol–water partition coefficient (Wildman–Crippen LogP) is 6.28. The van der Waals surface area contributed by atoms with Gasteiger partial charge in [-0.1, -0.05) is 47.5 Å². The first-order valence-electron chi connectivity index (χ1n) is 9.34. The summed E-state index contributed by atoms with van der Waals surface area (Å²) in [6, 6.07) is 17.5. The number of hydrogen-bond donors (Lipinski definition) is 1. The Bertz CT molecular complexity index is 1230. The van der Waals surface area contributed by atoms with Crippen molar-refractivity contribution in [3.63, 3.8) is 0 Å². The fourth-order valence-corrected chi connectivity index (χ4v) is 4.65. The number of rotatable bonds is 4. The van der Waals surface area contributed by atoms with Gasteiger partial charge in [-0.25, -0.2) is 0 Å². The zero-order valence-corrected chi connectivity index (χ0v) is 16.6. The predicted molar refractivity (Wildman–Crippen MR) is 116 cm³/mol. The number of primary amides is 1. The molecule has 3 nitrogen and oxygen atoms in total. The summed E-state index contributed by atoms with van der Waals surface area (Å²) in [4.78, 5) is 12.1. The Morgan fingerprint density at radius 3 is 2.39 bits per heavy atom. The molecular weight excluding hydrogens is 391 g/mol. The van der Waals surface area contributed by atoms with E-state index in [1.165, 1.54) is 12.8 Å². The molecule has 1 heterocycles. The number of nitrogens with zero attached hydrogens (tertiary/aromatic N) is 1. The van der Waals surface area contributed by atoms with E-state index in [0.717, 1.165) is 39.5 Å². The Labute approximate surface area is 172 Å². The highest BCUT2D eigenvalue weighted by molar-refractivity contribution is 6.39. The number of carbonyl (C=O) groups is 1. The molecule has 5 rings (SSSR count). The maximum Gasteiger partial charge on any atom is 0.249 e. The quantitative estimate of drug-likeness (QED) is 0.424. The van der Waals surface area contributed by atoms with Gasteiger partial charge in [0.25, 0.3) is 0 Å². The van der Waals surface area contributed by atoms with Crippen molar-refractivity contribution in [1.29, 1.82) is 0 Å². The molecule has 0 saturated heterocycles. The summed E-state index contributed by atoms with van der Waals surface area (Å²) in [6.45, 7) is 0.932. The second-order valence-corrected chi connectivity index (χ2v) is 8.26. The van der Waals surface area contributed by atoms with Crippen LogP contribution in [0.2, 0.25) is 10.0 Å². The van der Waals surface area contributed by atoms with Crippen molar-refractivity contribution in [3.05, 3.63) is 70.2 Å². The van der Waals surface area contributed by atoms with Crippen molar-refractivity contribution in [3.8, 4) is 11.1 Å². The highest BCUT2D eigenvalue weighted by Crippen LogP contribution is 2.40. The summed E-state index contributed by atoms with van der Waals surface area (Å²) in [5, 5.41) is 3.18. The summed E-state index contributed by atoms with van der Waals surface area (Å²) >= 11 is 12.9. The summed E-state index contributed by atoms with van der Waals surface area (Å²) < 4.78 is 2.31. The average molecular weight is 409 g/mol. The van der Waals surface area contributed by atoms with Crippen LogP contribution < -0.4 is 5.73 Å². The smallest absolute Gasteiger partial charge is 0.249 e. The third kappa shape index (κ3) is 2.78. The Morgan fingerprint density at radius 1 is 1.00 bits per heavy atom. The number of halogens is 2. The van der Waals surface area contributed by atoms with Crippen LogP contribution in [0.25, 0.3) is 32.9 Å². The van der Waals surface area contributed by atoms with Crippen molar-refractivity contribution in [2.24, 2.45) is 11.7 Å². The molecule has 0 bridgehead atoms. The Morgan fingerprint density at radius 2 is 1.71 bits per heavy atom. The van der Waals surface area contributed by atoms with Gasteiger partial charge in [-0.2, -0.15) is 0 Å². The maximum atomic E-state index is 12.1. The van der Waals surface area contributed by atoms with E-state index in [0.29, 0.717) is 21.5 Å². The van der Waals surface area contributed by atoms with Crippen LogP contribution in [0, 0.1) is 5.92 Å². The van der Waals surface area contributed by atoms with Crippen LogP contribution in [-0.4, -0.2) is 10.5 Å². The highest BCUT2D eigenvalue weighted by atomic mass is 35.5. The number of aromatic nitrogens is 1. The molecule has 3 aromatic carbocycles. The molecule has 0 aliphatic heterocycles. The molecule has 1 amide bonds. The fraction of sp³-hybridized carbons (Fsp3) is 0.174. The van der Waals surface area contributed by atoms with Crippen LogP contribution in [0.1, 0.15) is 23.2 Å². The van der Waals surface area contributed by atoms with Gasteiger partial charge in [-0.05, 0) is 54.7 Å². The van der Waals surface area contributed by atoms with E-state index in [-0.39, 0.29) is 0 Å². The van der Waals surface area contributed by atoms with Crippen LogP contribution in [0.5, 0.6) is 0 Å². The second-order valence-electron chi connectivity index (χ2n) is 7.45. The van der Waals surface area contributed by atoms with E-state index >= 15 is 0 Å². The van der Waals surface area contributed by atoms with Crippen molar-refractivity contribution >= 4 is 50.9 Å². The molecule has 0 spiro atoms. The molecule has 0 atom stereocenters. The standard InChI is InChI=1S/C23H18Cl2N2O/c24-17-4-2-5-18(25)21(17)14-9-10-15-20(11-14)27(12-13-7-8-13)19-6-1-3-16(22(15)19)23(26)28/h1-6,9-11,13H,7-8,12H2,(H2,26,28). The molecule has 5 heteroatoms. The van der Waals surface area contributed by atoms with E-state index in [1.54, 1.807) is 6.07 Å². The number of hydrogen-bond acceptors (Lipinski definition) is 1. The third-order valence-corrected chi connectivity index (χ3v) is 6.18. The van der Waals surface area contributed by atoms with E-state index in [1.807, 2.05) is 36.4 Å². The first-order chi connectivity index (χ1) is 13.5. The molecule has 28 heavy (non-hydrogen) atoms. The molecule has 1 aliphatic carbocycles. The first-order valence-corrected chi connectivity index (χ1v) is 10.1. The minimum atomic E-state index is -0.408. The van der Waals surface area contributed by atoms with Crippen molar-refractivity contribution in [2.75, 3.05) is 0 Å². The monoisotopic (exact) mass is 408 g/mol. The second kappa shape index (κ2) is 6.54. The molecule has 4 aromatic rings. The topological polar surface area (TPSA) is 48.0 Å². The fourth-order valence-electron chi connectivity index (χ4n) is 4.03. The summed E-state index contributed by atoms with van der Waals surface area (Å²) in [5.74, 6) is 0.276. The number of benzene rings is 3. The van der Waals surface area contributed by atoms with Gasteiger partial charge >= 0.3 is 0 Å². The van der Waals surface area contributed by atoms with Gasteiger partial charge in [0.05, 0.1) is 0 Å². The highest BCUT2D eigenvalue weighted by Gasteiger charge is 2.25. The third-order valence-electron chi connectivity index (χ3n) is 5.55. The van der Waals surface area contributed by atoms with Crippen molar-refractivity contribution in [2.45, 2.75) is 19.4 Å². The number of carbonyl (C=O) groups excluding carboxylic acids is 1. The van der Waals surface area contributed by atoms with E-state index in [9.17, 15) is 4.79 Å². The lowest BCUT2D eigenvalue weighted by molar-refractivity contribution is 0.100. The molecule has 1 aromatic heterocycles. The molecular formula is C23H18Cl2N2O. The lowest BCUT2D eigenvalue weighted by atomic mass is 10.0. The zero-order valence-electron chi connectivity index (χ0n) is 15.1. The number of amides is 1. The zero-order chi connectivity index (χ0) is 19.4. The van der Waals surface area contributed by atoms with Crippen molar-refractivity contribution < 1.29 is 4.79 Å². The maximum absolute atomic E-state index is 12.1. The lowest BCUT2D eigenvalue weighted by Gasteiger charge is -2.10. The van der Waals surface area contributed by atoms with Crippen LogP contribution in [-0.2, 0) is 6.54 Å². The molecule has 0 radical (unpaired) electrons. The van der Waals surface area contributed by atoms with Crippen molar-refractivity contribution in [1.82, 2.24) is 4.57 Å². The summed E-state index contributed by atoms with van der Waals surface area (Å²) in [6.07, 6.45) is 2.49. The van der Waals surface area contributed by atoms with Crippen LogP contribution in [0.15, 0.2) is 54.6 Å². The van der Waals surface area contributed by atoms with Gasteiger partial charge in [0.1, 0.15) is 0 Å². The SMILES string of the molecule is NC(=O)c1cccc2c1c1ccc(-c3c(Cl)cccc3Cl)cc1n2CC1CC1. The summed E-state index contributed by atoms with van der Waals surface area (Å²) in [7, 11) is 0. The Balaban J connectivity index is 1.84. The Kier molecular flexibility index (Phi) is 4.11. The number of nitrogens with two attached hydrogens (primary N) is 1. The van der Waals surface area contributed by atoms with E-state index in [4.69, 9.17) is 28.9 Å². The van der Waals surface area contributed by atoms with Gasteiger partial charge in [0, 0.05) is 49.5 Å². The molecule has 1 fully saturated rings. The lowest BCUT2D eigenvalue weighted by Crippen LogP contribution is -2.11. The van der Waals surface area contributed by atoms with Gasteiger partial charge in [-0.3, -0.25) is 4.79 Å². The Hall–Kier alpha value is -2.49. The minimum Gasteiger partial charge on any atom is -0.366 e. The normalized spacial score (nSPS) is 14.1. The molecule has 140 valence electrons. The minimum absolute atomic E-state index is 0.408. The van der Waals surface area contributed by atoms with Gasteiger partial charge in [-0.15, -0.1) is 0 Å². The first kappa shape index (κ1) is 17.6. The number of fused-ring (bicyclic) bond motifs is 3. The van der Waals surface area contributed by atoms with Crippen LogP contribution >= 0.6 is 23.2 Å². The summed E-state index contributed by atoms with van der Waals surface area (Å²) in [5.41, 5.74) is 10.1. The molecule has 0 unspecified atom stereocenters. The molecule has 1 aliphatic rings. The average Bonchev–Trinajstić information content (AvgIpc) is 3.44. The van der Waals surface area contributed by atoms with Crippen LogP contribution in [0.4, 0.5) is 0 Å². The van der Waals surface area contributed by atoms with Gasteiger partial charge in [0.15, 0.2) is 0 Å². The molecule has 2 N–H and O–H groups in total. The van der Waals surface area contributed by atoms with Gasteiger partial charge in [0.2, 0.25) is 5.91 Å². The van der Waals surface area contributed by atoms with E-state index in [2.05, 4.69) is 16.7 Å². The molecule has 1 saturated carbocycles. The van der Waals surface area contributed by atoms with Crippen LogP contribution in [0.3, 0.4) is 0 Å². The van der Waals surface area contributed by atoms with Gasteiger partial charge < -0.3 is 10.3 Å². The van der Waals surface area contributed by atoms with E-state index < -0.39 is 5.91 Å². The largest absolute Gasteiger partial charge is 0.366 e.